The molecule has 8 nitrogen and oxygen atoms in total. The Morgan fingerprint density at radius 2 is 1.61 bits per heavy atom. The maximum absolute atomic E-state index is 13.3. The number of benzene rings is 2. The van der Waals surface area contributed by atoms with Crippen LogP contribution in [0.5, 0.6) is 28.7 Å². The molecule has 0 saturated carbocycles. The first-order chi connectivity index (χ1) is 17.6. The van der Waals surface area contributed by atoms with Gasteiger partial charge in [0.25, 0.3) is 5.91 Å². The first-order valence-electron chi connectivity index (χ1n) is 12.7. The maximum atomic E-state index is 13.3. The smallest absolute Gasteiger partial charge is 0.254 e. The number of nitrogens with zero attached hydrogens (tertiary/aromatic N) is 2. The van der Waals surface area contributed by atoms with Gasteiger partial charge in [-0.15, -0.1) is 0 Å². The molecule has 2 aliphatic rings. The zero-order valence-corrected chi connectivity index (χ0v) is 21.9. The number of likely N-dealkylation sites (tertiary alicyclic amines) is 1. The molecule has 0 aliphatic carbocycles. The van der Waals surface area contributed by atoms with E-state index in [1.165, 1.54) is 0 Å². The van der Waals surface area contributed by atoms with E-state index in [0.717, 1.165) is 75.3 Å². The lowest BCUT2D eigenvalue weighted by Crippen LogP contribution is -2.45. The van der Waals surface area contributed by atoms with Crippen molar-refractivity contribution in [3.8, 4) is 28.7 Å². The van der Waals surface area contributed by atoms with Crippen LogP contribution < -0.4 is 23.7 Å². The van der Waals surface area contributed by atoms with Gasteiger partial charge >= 0.3 is 0 Å². The summed E-state index contributed by atoms with van der Waals surface area (Å²) in [6.45, 7) is 5.28. The lowest BCUT2D eigenvalue weighted by Gasteiger charge is -2.37. The summed E-state index contributed by atoms with van der Waals surface area (Å²) in [5.74, 6) is 4.00. The number of piperidine rings is 1. The third-order valence-electron chi connectivity index (χ3n) is 7.10. The van der Waals surface area contributed by atoms with E-state index >= 15 is 0 Å². The zero-order chi connectivity index (χ0) is 25.5. The van der Waals surface area contributed by atoms with Crippen LogP contribution in [0.3, 0.4) is 0 Å². The lowest BCUT2D eigenvalue weighted by molar-refractivity contribution is 0.0658. The molecule has 1 fully saturated rings. The molecule has 2 heterocycles. The molecule has 4 rings (SSSR count). The molecule has 36 heavy (non-hydrogen) atoms. The Bertz CT molecular complexity index is 1040. The zero-order valence-electron chi connectivity index (χ0n) is 21.9. The van der Waals surface area contributed by atoms with Gasteiger partial charge in [0.05, 0.1) is 35.0 Å². The van der Waals surface area contributed by atoms with E-state index in [4.69, 9.17) is 23.7 Å². The van der Waals surface area contributed by atoms with E-state index in [1.54, 1.807) is 28.4 Å². The van der Waals surface area contributed by atoms with E-state index in [-0.39, 0.29) is 5.91 Å². The summed E-state index contributed by atoms with van der Waals surface area (Å²) in [5.41, 5.74) is 1.77. The molecule has 1 amide bonds. The van der Waals surface area contributed by atoms with Crippen LogP contribution in [0.4, 0.5) is 0 Å². The van der Waals surface area contributed by atoms with Gasteiger partial charge in [-0.1, -0.05) is 0 Å². The summed E-state index contributed by atoms with van der Waals surface area (Å²) in [6.07, 6.45) is 4.09. The van der Waals surface area contributed by atoms with Crippen molar-refractivity contribution in [3.63, 3.8) is 0 Å². The fourth-order valence-electron chi connectivity index (χ4n) is 5.23. The number of rotatable bonds is 11. The predicted octanol–water partition coefficient (Wildman–Crippen LogP) is 3.90. The van der Waals surface area contributed by atoms with Gasteiger partial charge in [-0.2, -0.15) is 0 Å². The summed E-state index contributed by atoms with van der Waals surface area (Å²) in [5, 5.41) is 0. The Morgan fingerprint density at radius 1 is 0.889 bits per heavy atom. The van der Waals surface area contributed by atoms with E-state index < -0.39 is 0 Å². The summed E-state index contributed by atoms with van der Waals surface area (Å²) < 4.78 is 27.4. The number of hydrogen-bond acceptors (Lipinski definition) is 7. The molecule has 0 bridgehead atoms. The van der Waals surface area contributed by atoms with Crippen LogP contribution in [-0.2, 0) is 6.42 Å². The SMILES string of the molecule is COc1ccc(OCCCN2CCCC(CN3CCc4cc(OC)c(OC)cc4C3=O)C2)cc1OC. The summed E-state index contributed by atoms with van der Waals surface area (Å²) >= 11 is 0. The van der Waals surface area contributed by atoms with Gasteiger partial charge in [-0.3, -0.25) is 4.79 Å². The van der Waals surface area contributed by atoms with Gasteiger partial charge in [-0.05, 0) is 68.0 Å². The molecule has 0 aromatic heterocycles. The average Bonchev–Trinajstić information content (AvgIpc) is 2.92. The highest BCUT2D eigenvalue weighted by atomic mass is 16.5. The molecule has 196 valence electrons. The van der Waals surface area contributed by atoms with Gasteiger partial charge in [-0.25, -0.2) is 0 Å². The van der Waals surface area contributed by atoms with Crippen LogP contribution in [0.1, 0.15) is 35.2 Å². The summed E-state index contributed by atoms with van der Waals surface area (Å²) in [6, 6.07) is 9.38. The van der Waals surface area contributed by atoms with Crippen LogP contribution >= 0.6 is 0 Å². The van der Waals surface area contributed by atoms with E-state index in [0.29, 0.717) is 35.5 Å². The molecule has 2 aliphatic heterocycles. The van der Waals surface area contributed by atoms with Crippen molar-refractivity contribution in [1.29, 1.82) is 0 Å². The molecule has 2 aromatic carbocycles. The standard InChI is InChI=1S/C28H38N2O6/c1-32-24-9-8-22(16-26(24)34-3)36-14-6-12-29-11-5-7-20(18-29)19-30-13-10-21-15-25(33-2)27(35-4)17-23(21)28(30)31/h8-9,15-17,20H,5-7,10-14,18-19H2,1-4H3. The molecule has 2 aromatic rings. The van der Waals surface area contributed by atoms with Crippen LogP contribution in [0.2, 0.25) is 0 Å². The number of hydrogen-bond donors (Lipinski definition) is 0. The molecular formula is C28H38N2O6. The minimum absolute atomic E-state index is 0.0950. The lowest BCUT2D eigenvalue weighted by atomic mass is 9.94. The van der Waals surface area contributed by atoms with E-state index in [2.05, 4.69) is 4.90 Å². The second kappa shape index (κ2) is 12.2. The van der Waals surface area contributed by atoms with Gasteiger partial charge in [0.2, 0.25) is 0 Å². The maximum Gasteiger partial charge on any atom is 0.254 e. The molecule has 8 heteroatoms. The van der Waals surface area contributed by atoms with Gasteiger partial charge in [0.1, 0.15) is 5.75 Å². The summed E-state index contributed by atoms with van der Waals surface area (Å²) in [7, 11) is 6.47. The minimum Gasteiger partial charge on any atom is -0.493 e. The van der Waals surface area contributed by atoms with Crippen LogP contribution in [0.25, 0.3) is 0 Å². The monoisotopic (exact) mass is 498 g/mol. The average molecular weight is 499 g/mol. The minimum atomic E-state index is 0.0950. The molecule has 0 spiro atoms. The van der Waals surface area contributed by atoms with Crippen molar-refractivity contribution >= 4 is 5.91 Å². The number of fused-ring (bicyclic) bond motifs is 1. The number of ether oxygens (including phenoxy) is 5. The molecular weight excluding hydrogens is 460 g/mol. The second-order valence-electron chi connectivity index (χ2n) is 9.39. The van der Waals surface area contributed by atoms with Crippen molar-refractivity contribution in [2.45, 2.75) is 25.7 Å². The Hall–Kier alpha value is -3.13. The molecule has 0 N–H and O–H groups in total. The Balaban J connectivity index is 1.26. The van der Waals surface area contributed by atoms with Crippen LogP contribution in [0.15, 0.2) is 30.3 Å². The highest BCUT2D eigenvalue weighted by molar-refractivity contribution is 5.97. The second-order valence-corrected chi connectivity index (χ2v) is 9.39. The topological polar surface area (TPSA) is 69.7 Å². The fourth-order valence-corrected chi connectivity index (χ4v) is 5.23. The number of carbonyl (C=O) groups excluding carboxylic acids is 1. The van der Waals surface area contributed by atoms with Crippen molar-refractivity contribution in [2.75, 3.05) is 67.8 Å². The first kappa shape index (κ1) is 25.9. The quantitative estimate of drug-likeness (QED) is 0.435. The number of methoxy groups -OCH3 is 4. The Morgan fingerprint density at radius 3 is 2.36 bits per heavy atom. The Kier molecular flexibility index (Phi) is 8.80. The third-order valence-corrected chi connectivity index (χ3v) is 7.10. The van der Waals surface area contributed by atoms with Crippen molar-refractivity contribution in [3.05, 3.63) is 41.5 Å². The molecule has 0 radical (unpaired) electrons. The molecule has 1 unspecified atom stereocenters. The molecule has 1 atom stereocenters. The van der Waals surface area contributed by atoms with Crippen molar-refractivity contribution in [1.82, 2.24) is 9.80 Å². The number of carbonyl (C=O) groups is 1. The largest absolute Gasteiger partial charge is 0.493 e. The van der Waals surface area contributed by atoms with Gasteiger partial charge in [0, 0.05) is 37.8 Å². The van der Waals surface area contributed by atoms with E-state index in [1.807, 2.05) is 35.2 Å². The Labute approximate surface area is 214 Å². The van der Waals surface area contributed by atoms with Crippen LogP contribution in [0, 0.1) is 5.92 Å². The van der Waals surface area contributed by atoms with Crippen molar-refractivity contribution < 1.29 is 28.5 Å². The molecule has 1 saturated heterocycles. The van der Waals surface area contributed by atoms with Gasteiger partial charge < -0.3 is 33.5 Å². The first-order valence-corrected chi connectivity index (χ1v) is 12.7. The highest BCUT2D eigenvalue weighted by Crippen LogP contribution is 2.34. The summed E-state index contributed by atoms with van der Waals surface area (Å²) in [4.78, 5) is 17.8. The highest BCUT2D eigenvalue weighted by Gasteiger charge is 2.30. The normalized spacial score (nSPS) is 17.9. The van der Waals surface area contributed by atoms with Crippen molar-refractivity contribution in [2.24, 2.45) is 5.92 Å². The van der Waals surface area contributed by atoms with Crippen LogP contribution in [-0.4, -0.2) is 83.5 Å². The van der Waals surface area contributed by atoms with Gasteiger partial charge in [0.15, 0.2) is 23.0 Å². The number of amides is 1. The van der Waals surface area contributed by atoms with E-state index in [9.17, 15) is 4.79 Å². The third kappa shape index (κ3) is 5.98. The predicted molar refractivity (Wildman–Crippen MR) is 138 cm³/mol. The fraction of sp³-hybridized carbons (Fsp3) is 0.536.